The summed E-state index contributed by atoms with van der Waals surface area (Å²) < 4.78 is 2.54. The van der Waals surface area contributed by atoms with E-state index in [1.54, 1.807) is 0 Å². The maximum atomic E-state index is 2.54. The predicted molar refractivity (Wildman–Crippen MR) is 212 cm³/mol. The third-order valence-electron chi connectivity index (χ3n) is 9.93. The number of benzene rings is 7. The number of anilines is 3. The predicted octanol–water partition coefficient (Wildman–Crippen LogP) is 13.2. The van der Waals surface area contributed by atoms with Crippen LogP contribution in [-0.4, -0.2) is 4.57 Å². The SMILES string of the molecule is C1=CC(n2c3ccccc3c3ccc(N(c4ccccc4)c4ccc(-c5ccc(-c6ccccc6)cc5)cc4)cc32)CC=C1c1ccccc1. The van der Waals surface area contributed by atoms with Crippen LogP contribution in [0.2, 0.25) is 0 Å². The number of hydrogen-bond acceptors (Lipinski definition) is 1. The Morgan fingerprint density at radius 2 is 0.920 bits per heavy atom. The molecule has 1 aliphatic rings. The fraction of sp³-hybridized carbons (Fsp3) is 0.0417. The molecule has 238 valence electrons. The molecule has 2 heteroatoms. The van der Waals surface area contributed by atoms with Gasteiger partial charge in [-0.2, -0.15) is 0 Å². The van der Waals surface area contributed by atoms with Crippen LogP contribution in [0.1, 0.15) is 18.0 Å². The van der Waals surface area contributed by atoms with Gasteiger partial charge in [-0.3, -0.25) is 0 Å². The van der Waals surface area contributed by atoms with Crippen molar-refractivity contribution in [3.05, 3.63) is 206 Å². The number of nitrogens with zero attached hydrogens (tertiary/aromatic N) is 2. The number of para-hydroxylation sites is 2. The molecule has 1 heterocycles. The molecule has 50 heavy (non-hydrogen) atoms. The summed E-state index contributed by atoms with van der Waals surface area (Å²) in [6.07, 6.45) is 7.99. The van der Waals surface area contributed by atoms with Crippen molar-refractivity contribution >= 4 is 44.4 Å². The second-order valence-electron chi connectivity index (χ2n) is 12.9. The van der Waals surface area contributed by atoms with Gasteiger partial charge in [-0.1, -0.05) is 158 Å². The van der Waals surface area contributed by atoms with Crippen molar-refractivity contribution in [1.29, 1.82) is 0 Å². The monoisotopic (exact) mass is 640 g/mol. The zero-order valence-electron chi connectivity index (χ0n) is 27.7. The Hall–Kier alpha value is -6.38. The largest absolute Gasteiger partial charge is 0.333 e. The second kappa shape index (κ2) is 12.9. The van der Waals surface area contributed by atoms with E-state index in [1.165, 1.54) is 55.2 Å². The van der Waals surface area contributed by atoms with Gasteiger partial charge in [0.15, 0.2) is 0 Å². The first-order valence-corrected chi connectivity index (χ1v) is 17.4. The summed E-state index contributed by atoms with van der Waals surface area (Å²) in [5.41, 5.74) is 13.3. The van der Waals surface area contributed by atoms with Crippen molar-refractivity contribution in [3.63, 3.8) is 0 Å². The summed E-state index contributed by atoms with van der Waals surface area (Å²) in [6, 6.07) is 65.7. The van der Waals surface area contributed by atoms with Crippen LogP contribution in [0.25, 0.3) is 49.6 Å². The van der Waals surface area contributed by atoms with Crippen LogP contribution < -0.4 is 4.90 Å². The lowest BCUT2D eigenvalue weighted by Crippen LogP contribution is -2.11. The lowest BCUT2D eigenvalue weighted by atomic mass is 9.97. The van der Waals surface area contributed by atoms with E-state index >= 15 is 0 Å². The molecule has 0 spiro atoms. The van der Waals surface area contributed by atoms with Crippen LogP contribution in [0.15, 0.2) is 200 Å². The number of hydrogen-bond donors (Lipinski definition) is 0. The molecule has 0 radical (unpaired) electrons. The number of rotatable bonds is 7. The average molecular weight is 641 g/mol. The Labute approximate surface area is 293 Å². The smallest absolute Gasteiger partial charge is 0.0560 e. The van der Waals surface area contributed by atoms with E-state index in [2.05, 4.69) is 210 Å². The van der Waals surface area contributed by atoms with Crippen molar-refractivity contribution in [2.24, 2.45) is 0 Å². The second-order valence-corrected chi connectivity index (χ2v) is 12.9. The van der Waals surface area contributed by atoms with Gasteiger partial charge in [0.25, 0.3) is 0 Å². The van der Waals surface area contributed by atoms with E-state index in [4.69, 9.17) is 0 Å². The van der Waals surface area contributed by atoms with Gasteiger partial charge < -0.3 is 9.47 Å². The lowest BCUT2D eigenvalue weighted by molar-refractivity contribution is 0.649. The zero-order valence-corrected chi connectivity index (χ0v) is 27.7. The minimum atomic E-state index is 0.220. The molecule has 7 aromatic carbocycles. The number of fused-ring (bicyclic) bond motifs is 3. The maximum absolute atomic E-state index is 2.54. The van der Waals surface area contributed by atoms with Gasteiger partial charge in [0.1, 0.15) is 0 Å². The summed E-state index contributed by atoms with van der Waals surface area (Å²) in [6.45, 7) is 0. The standard InChI is InChI=1S/C48H36N2/c1-4-12-35(13-5-1)37-20-22-38(23-21-37)40-24-28-42(29-25-40)49(41-16-8-3-9-17-41)44-32-33-46-45-18-10-11-19-47(45)50(48(46)34-44)43-30-26-39(27-31-43)36-14-6-2-7-15-36/h1-30,32-34,43H,31H2. The lowest BCUT2D eigenvalue weighted by Gasteiger charge is -2.26. The fourth-order valence-corrected chi connectivity index (χ4v) is 7.44. The minimum Gasteiger partial charge on any atom is -0.333 e. The Bertz CT molecular complexity index is 2470. The number of allylic oxidation sites excluding steroid dienone is 4. The summed E-state index contributed by atoms with van der Waals surface area (Å²) in [7, 11) is 0. The van der Waals surface area contributed by atoms with E-state index in [0.717, 1.165) is 23.5 Å². The quantitative estimate of drug-likeness (QED) is 0.168. The molecule has 0 aliphatic heterocycles. The Kier molecular flexibility index (Phi) is 7.68. The molecule has 0 N–H and O–H groups in total. The van der Waals surface area contributed by atoms with Crippen molar-refractivity contribution < 1.29 is 0 Å². The topological polar surface area (TPSA) is 8.17 Å². The van der Waals surface area contributed by atoms with E-state index in [1.807, 2.05) is 0 Å². The Morgan fingerprint density at radius 3 is 1.56 bits per heavy atom. The van der Waals surface area contributed by atoms with E-state index in [-0.39, 0.29) is 6.04 Å². The van der Waals surface area contributed by atoms with Crippen LogP contribution in [0.4, 0.5) is 17.1 Å². The number of aromatic nitrogens is 1. The van der Waals surface area contributed by atoms with Crippen LogP contribution in [-0.2, 0) is 0 Å². The maximum Gasteiger partial charge on any atom is 0.0560 e. The molecule has 0 saturated carbocycles. The molecule has 9 rings (SSSR count). The van der Waals surface area contributed by atoms with Crippen LogP contribution in [0.5, 0.6) is 0 Å². The summed E-state index contributed by atoms with van der Waals surface area (Å²) in [4.78, 5) is 2.37. The highest BCUT2D eigenvalue weighted by molar-refractivity contribution is 6.09. The summed E-state index contributed by atoms with van der Waals surface area (Å²) in [5.74, 6) is 0. The molecular formula is C48H36N2. The third-order valence-corrected chi connectivity index (χ3v) is 9.93. The highest BCUT2D eigenvalue weighted by atomic mass is 15.1. The Balaban J connectivity index is 1.10. The van der Waals surface area contributed by atoms with Gasteiger partial charge in [-0.25, -0.2) is 0 Å². The minimum absolute atomic E-state index is 0.220. The van der Waals surface area contributed by atoms with E-state index in [0.29, 0.717) is 0 Å². The highest BCUT2D eigenvalue weighted by Crippen LogP contribution is 2.41. The van der Waals surface area contributed by atoms with Crippen molar-refractivity contribution in [3.8, 4) is 22.3 Å². The first-order valence-electron chi connectivity index (χ1n) is 17.4. The molecule has 2 nitrogen and oxygen atoms in total. The molecule has 1 unspecified atom stereocenters. The third kappa shape index (κ3) is 5.51. The first kappa shape index (κ1) is 29.7. The van der Waals surface area contributed by atoms with Crippen molar-refractivity contribution in [1.82, 2.24) is 4.57 Å². The van der Waals surface area contributed by atoms with E-state index in [9.17, 15) is 0 Å². The molecule has 8 aromatic rings. The van der Waals surface area contributed by atoms with Gasteiger partial charge in [0.2, 0.25) is 0 Å². The summed E-state index contributed by atoms with van der Waals surface area (Å²) >= 11 is 0. The van der Waals surface area contributed by atoms with Gasteiger partial charge in [-0.15, -0.1) is 0 Å². The summed E-state index contributed by atoms with van der Waals surface area (Å²) in [5, 5.41) is 2.56. The molecular weight excluding hydrogens is 605 g/mol. The molecule has 0 fully saturated rings. The average Bonchev–Trinajstić information content (AvgIpc) is 3.53. The van der Waals surface area contributed by atoms with Gasteiger partial charge in [0, 0.05) is 33.4 Å². The normalized spacial score (nSPS) is 14.2. The van der Waals surface area contributed by atoms with Gasteiger partial charge >= 0.3 is 0 Å². The van der Waals surface area contributed by atoms with E-state index < -0.39 is 0 Å². The zero-order chi connectivity index (χ0) is 33.3. The first-order chi connectivity index (χ1) is 24.8. The molecule has 0 saturated heterocycles. The van der Waals surface area contributed by atoms with Crippen LogP contribution in [0.3, 0.4) is 0 Å². The van der Waals surface area contributed by atoms with Crippen molar-refractivity contribution in [2.45, 2.75) is 12.5 Å². The highest BCUT2D eigenvalue weighted by Gasteiger charge is 2.21. The fourth-order valence-electron chi connectivity index (χ4n) is 7.44. The molecule has 1 aromatic heterocycles. The van der Waals surface area contributed by atoms with Gasteiger partial charge in [-0.05, 0) is 82.3 Å². The van der Waals surface area contributed by atoms with Gasteiger partial charge in [0.05, 0.1) is 11.6 Å². The van der Waals surface area contributed by atoms with Crippen molar-refractivity contribution in [2.75, 3.05) is 4.90 Å². The van der Waals surface area contributed by atoms with Crippen LogP contribution in [0, 0.1) is 0 Å². The molecule has 0 bridgehead atoms. The molecule has 1 atom stereocenters. The Morgan fingerprint density at radius 1 is 0.420 bits per heavy atom. The van der Waals surface area contributed by atoms with Crippen LogP contribution >= 0.6 is 0 Å². The molecule has 0 amide bonds. The molecule has 1 aliphatic carbocycles.